The van der Waals surface area contributed by atoms with E-state index in [1.165, 1.54) is 18.1 Å². The fraction of sp³-hybridized carbons (Fsp3) is 0.952. The van der Waals surface area contributed by atoms with Gasteiger partial charge in [-0.3, -0.25) is 4.79 Å². The van der Waals surface area contributed by atoms with Crippen molar-refractivity contribution in [3.05, 3.63) is 11.1 Å². The van der Waals surface area contributed by atoms with Crippen molar-refractivity contribution in [1.82, 2.24) is 0 Å². The Balaban J connectivity index is 0.814. The summed E-state index contributed by atoms with van der Waals surface area (Å²) in [6.07, 6.45) is -45.7. The second-order valence-electron chi connectivity index (χ2n) is 29.3. The van der Waals surface area contributed by atoms with E-state index in [4.69, 9.17) is 61.6 Å². The van der Waals surface area contributed by atoms with Crippen LogP contribution in [0.3, 0.4) is 0 Å². The molecule has 7 aliphatic heterocycles. The van der Waals surface area contributed by atoms with E-state index in [-0.39, 0.29) is 40.5 Å². The SMILES string of the molecule is CCC(=O)[C@@H]1C[C@@H](C)[C@]2(CC[C@@]3(C)C4=C(CC[C@@]32C)[C@@]2(C)CC[C@H](O[C@@H]3O[C@H](CO[C@H]5OC[C@@H](O)[C@@H](O)[C@@H]5O[C@@H]5O[C@H](CO)[C@@H](O)[C@H](O[C@H]6OC[C@@H](O)[C@@H](O)[C@@H]6O[C@@H]6O[C@H](CO)[C@@H](O)[C@H](O)[C@H]6O)[C@H]5O[C@@H]5O[C@@H](C)[C@H](O)[C@@H](O)[C@H]5O)[C@@H](O)[C@H](O)[C@H]3O)[C@](C)(CO)[C@@H]2CC4)O1. The van der Waals surface area contributed by atoms with Crippen molar-refractivity contribution in [2.24, 2.45) is 33.5 Å². The third-order valence-electron chi connectivity index (χ3n) is 24.3. The fourth-order valence-corrected chi connectivity index (χ4v) is 18.3. The maximum absolute atomic E-state index is 13.1. The molecule has 17 N–H and O–H groups in total. The van der Waals surface area contributed by atoms with Gasteiger partial charge in [0, 0.05) is 17.3 Å². The summed E-state index contributed by atoms with van der Waals surface area (Å²) in [4.78, 5) is 13.1. The summed E-state index contributed by atoms with van der Waals surface area (Å²) in [6.45, 7) is 10.3. The van der Waals surface area contributed by atoms with Gasteiger partial charge < -0.3 is 148 Å². The standard InChI is InChI=1S/C63H102O31/c1-8-28(67)31-17-24(2)63(94-31)16-15-61(6)27-9-10-35-59(4,26(27)11-14-62(61,63)7)13-12-36(60(35,5)23-66)89-54-47(80)45(78)41(74)34(88-54)22-84-56-50(38(71)29(68)20-82-56)92-58-52(93-53-46(79)43(76)37(70)25(3)85-53)49(42(75)33(19-65)87-58)90-57-51(39(72)30(69)21-83-57)91-55-48(81)44(77)40(73)32(18-64)86-55/h24-25,29-58,64-66,68-81H,8-23H2,1-7H3/t24-,25+,29-,30-,31+,32-,33-,34-,35-,36+,37+,38-,39-,40-,41-,42-,43-,44+,45+,46-,47-,48-,49+,50+,51+,52-,53+,54+,55+,56-,57-,58+,59-,60-,61+,62+,63+/m1/s1. The highest BCUT2D eigenvalue weighted by Crippen LogP contribution is 2.75. The average Bonchev–Trinajstić information content (AvgIpc) is 1.48. The van der Waals surface area contributed by atoms with Crippen LogP contribution in [0.25, 0.3) is 0 Å². The molecule has 0 amide bonds. The van der Waals surface area contributed by atoms with E-state index in [2.05, 4.69) is 27.7 Å². The van der Waals surface area contributed by atoms with E-state index in [9.17, 15) is 91.6 Å². The number of ether oxygens (including phenoxy) is 13. The molecule has 31 nitrogen and oxygen atoms in total. The van der Waals surface area contributed by atoms with Crippen LogP contribution in [0.1, 0.15) is 113 Å². The summed E-state index contributed by atoms with van der Waals surface area (Å²) in [6, 6.07) is 0. The minimum Gasteiger partial charge on any atom is -0.396 e. The Morgan fingerprint density at radius 2 is 1.04 bits per heavy atom. The van der Waals surface area contributed by atoms with Crippen LogP contribution in [0, 0.1) is 33.5 Å². The van der Waals surface area contributed by atoms with E-state index in [1.807, 2.05) is 13.8 Å². The normalized spacial score (nSPS) is 54.7. The number of carbonyl (C=O) groups is 1. The smallest absolute Gasteiger partial charge is 0.187 e. The van der Waals surface area contributed by atoms with Gasteiger partial charge in [-0.15, -0.1) is 0 Å². The predicted molar refractivity (Wildman–Crippen MR) is 312 cm³/mol. The summed E-state index contributed by atoms with van der Waals surface area (Å²) in [7, 11) is 0. The van der Waals surface area contributed by atoms with Gasteiger partial charge in [-0.1, -0.05) is 52.7 Å². The van der Waals surface area contributed by atoms with Gasteiger partial charge in [0.1, 0.15) is 134 Å². The molecule has 37 atom stereocenters. The topological polar surface area (TPSA) is 481 Å². The third kappa shape index (κ3) is 12.3. The number of allylic oxidation sites excluding steroid dienone is 2. The van der Waals surface area contributed by atoms with Crippen molar-refractivity contribution in [1.29, 1.82) is 0 Å². The van der Waals surface area contributed by atoms with Crippen LogP contribution < -0.4 is 0 Å². The Morgan fingerprint density at radius 3 is 1.67 bits per heavy atom. The molecule has 0 aromatic rings. The molecular weight excluding hydrogens is 1250 g/mol. The first-order valence-electron chi connectivity index (χ1n) is 33.4. The molecule has 0 bridgehead atoms. The van der Waals surface area contributed by atoms with Crippen molar-refractivity contribution in [3.63, 3.8) is 0 Å². The molecule has 11 rings (SSSR count). The second kappa shape index (κ2) is 28.2. The van der Waals surface area contributed by atoms with Crippen molar-refractivity contribution < 1.29 is 153 Å². The number of aliphatic hydroxyl groups excluding tert-OH is 17. The number of fused-ring (bicyclic) bond motifs is 5. The van der Waals surface area contributed by atoms with E-state index >= 15 is 0 Å². The van der Waals surface area contributed by atoms with E-state index < -0.39 is 228 Å². The van der Waals surface area contributed by atoms with Gasteiger partial charge in [0.05, 0.1) is 57.5 Å². The van der Waals surface area contributed by atoms with E-state index in [0.717, 1.165) is 38.5 Å². The van der Waals surface area contributed by atoms with Crippen LogP contribution in [0.2, 0.25) is 0 Å². The summed E-state index contributed by atoms with van der Waals surface area (Å²) in [5.74, 6) is 0.246. The zero-order chi connectivity index (χ0) is 68.2. The molecule has 4 aliphatic carbocycles. The Hall–Kier alpha value is -1.79. The summed E-state index contributed by atoms with van der Waals surface area (Å²) in [5, 5.41) is 188. The molecule has 0 aromatic carbocycles. The summed E-state index contributed by atoms with van der Waals surface area (Å²) in [5.41, 5.74) is 0.745. The van der Waals surface area contributed by atoms with E-state index in [1.54, 1.807) is 0 Å². The lowest BCUT2D eigenvalue weighted by Crippen LogP contribution is -2.68. The molecule has 7 saturated heterocycles. The van der Waals surface area contributed by atoms with Crippen molar-refractivity contribution in [2.75, 3.05) is 39.6 Å². The first-order valence-corrected chi connectivity index (χ1v) is 33.4. The van der Waals surface area contributed by atoms with Crippen LogP contribution in [-0.4, -0.2) is 322 Å². The molecule has 94 heavy (non-hydrogen) atoms. The number of rotatable bonds is 18. The average molecular weight is 1360 g/mol. The van der Waals surface area contributed by atoms with Gasteiger partial charge in [0.25, 0.3) is 0 Å². The molecule has 0 radical (unpaired) electrons. The summed E-state index contributed by atoms with van der Waals surface area (Å²) < 4.78 is 79.6. The number of ketones is 1. The first-order chi connectivity index (χ1) is 44.4. The van der Waals surface area contributed by atoms with Gasteiger partial charge >= 0.3 is 0 Å². The van der Waals surface area contributed by atoms with Gasteiger partial charge in [-0.25, -0.2) is 0 Å². The minimum atomic E-state index is -2.08. The predicted octanol–water partition coefficient (Wildman–Crippen LogP) is -5.15. The highest BCUT2D eigenvalue weighted by Gasteiger charge is 2.72. The lowest BCUT2D eigenvalue weighted by molar-refractivity contribution is -0.410. The van der Waals surface area contributed by atoms with Gasteiger partial charge in [-0.2, -0.15) is 0 Å². The van der Waals surface area contributed by atoms with E-state index in [0.29, 0.717) is 25.7 Å². The molecule has 540 valence electrons. The fourth-order valence-electron chi connectivity index (χ4n) is 18.3. The van der Waals surface area contributed by atoms with Crippen molar-refractivity contribution in [2.45, 2.75) is 303 Å². The molecule has 2 saturated carbocycles. The van der Waals surface area contributed by atoms with Crippen LogP contribution >= 0.6 is 0 Å². The van der Waals surface area contributed by atoms with Gasteiger partial charge in [0.2, 0.25) is 0 Å². The highest BCUT2D eigenvalue weighted by atomic mass is 16.8. The van der Waals surface area contributed by atoms with Gasteiger partial charge in [0.15, 0.2) is 43.5 Å². The molecule has 11 aliphatic rings. The number of hydrogen-bond donors (Lipinski definition) is 17. The Morgan fingerprint density at radius 1 is 0.511 bits per heavy atom. The maximum atomic E-state index is 13.1. The first kappa shape index (κ1) is 73.4. The van der Waals surface area contributed by atoms with Crippen molar-refractivity contribution >= 4 is 5.78 Å². The Labute approximate surface area is 544 Å². The number of aliphatic hydroxyl groups is 17. The molecule has 9 fully saturated rings. The van der Waals surface area contributed by atoms with Gasteiger partial charge in [-0.05, 0) is 87.4 Å². The lowest BCUT2D eigenvalue weighted by atomic mass is 9.42. The zero-order valence-electron chi connectivity index (χ0n) is 54.1. The van der Waals surface area contributed by atoms with Crippen molar-refractivity contribution in [3.8, 4) is 0 Å². The third-order valence-corrected chi connectivity index (χ3v) is 24.3. The minimum absolute atomic E-state index is 0.103. The highest BCUT2D eigenvalue weighted by molar-refractivity contribution is 5.83. The molecule has 1 spiro atoms. The van der Waals surface area contributed by atoms with Crippen LogP contribution in [0.5, 0.6) is 0 Å². The molecule has 0 unspecified atom stereocenters. The monoisotopic (exact) mass is 1350 g/mol. The number of Topliss-reactive ketones (excluding diaryl/α,β-unsaturated/α-hetero) is 1. The summed E-state index contributed by atoms with van der Waals surface area (Å²) >= 11 is 0. The van der Waals surface area contributed by atoms with Crippen LogP contribution in [0.15, 0.2) is 11.1 Å². The molecule has 0 aromatic heterocycles. The molecule has 7 heterocycles. The Kier molecular flexibility index (Phi) is 22.0. The van der Waals surface area contributed by atoms with Crippen LogP contribution in [-0.2, 0) is 66.4 Å². The number of hydrogen-bond acceptors (Lipinski definition) is 31. The second-order valence-corrected chi connectivity index (χ2v) is 29.3. The lowest BCUT2D eigenvalue weighted by Gasteiger charge is -2.63. The zero-order valence-corrected chi connectivity index (χ0v) is 54.1. The number of carbonyl (C=O) groups excluding carboxylic acids is 1. The molecule has 31 heteroatoms. The quantitative estimate of drug-likeness (QED) is 0.0571. The largest absolute Gasteiger partial charge is 0.396 e. The Bertz CT molecular complexity index is 2630. The maximum Gasteiger partial charge on any atom is 0.187 e. The molecular formula is C63H102O31. The van der Waals surface area contributed by atoms with Crippen LogP contribution in [0.4, 0.5) is 0 Å².